The van der Waals surface area contributed by atoms with Crippen LogP contribution in [0.5, 0.6) is 0 Å². The number of amides is 3. The second-order valence-corrected chi connectivity index (χ2v) is 6.35. The second-order valence-electron chi connectivity index (χ2n) is 6.35. The average Bonchev–Trinajstić information content (AvgIpc) is 2.45. The van der Waals surface area contributed by atoms with Crippen LogP contribution in [0.15, 0.2) is 24.3 Å². The van der Waals surface area contributed by atoms with E-state index in [2.05, 4.69) is 16.0 Å². The molecule has 0 radical (unpaired) electrons. The Morgan fingerprint density at radius 2 is 1.96 bits per heavy atom. The standard InChI is InChI=1S/C17H25N3O5/c1-11(2)18-16(24)19-13-7-5-6-12(8-13)15(23)20-17(3,10-25-4)9-14(21)22/h5-8,11H,9-10H2,1-4H3,(H,20,23)(H,21,22)(H2,18,19,24). The highest BCUT2D eigenvalue weighted by atomic mass is 16.5. The summed E-state index contributed by atoms with van der Waals surface area (Å²) in [4.78, 5) is 35.2. The third-order valence-electron chi connectivity index (χ3n) is 3.22. The van der Waals surface area contributed by atoms with E-state index in [1.54, 1.807) is 25.1 Å². The Balaban J connectivity index is 2.85. The number of aliphatic carboxylic acids is 1. The SMILES string of the molecule is COCC(C)(CC(=O)O)NC(=O)c1cccc(NC(=O)NC(C)C)c1. The molecule has 4 N–H and O–H groups in total. The quantitative estimate of drug-likeness (QED) is 0.570. The number of hydrogen-bond acceptors (Lipinski definition) is 4. The van der Waals surface area contributed by atoms with Crippen LogP contribution in [0, 0.1) is 0 Å². The molecule has 138 valence electrons. The molecule has 0 fully saturated rings. The highest BCUT2D eigenvalue weighted by Crippen LogP contribution is 2.15. The van der Waals surface area contributed by atoms with Crippen LogP contribution in [0.4, 0.5) is 10.5 Å². The lowest BCUT2D eigenvalue weighted by molar-refractivity contribution is -0.139. The maximum Gasteiger partial charge on any atom is 0.319 e. The molecule has 0 aliphatic heterocycles. The molecule has 0 aromatic heterocycles. The van der Waals surface area contributed by atoms with Crippen molar-refractivity contribution in [3.05, 3.63) is 29.8 Å². The van der Waals surface area contributed by atoms with Crippen LogP contribution < -0.4 is 16.0 Å². The van der Waals surface area contributed by atoms with E-state index in [0.29, 0.717) is 11.3 Å². The summed E-state index contributed by atoms with van der Waals surface area (Å²) in [5.41, 5.74) is -0.289. The Bertz CT molecular complexity index is 632. The lowest BCUT2D eigenvalue weighted by Gasteiger charge is -2.28. The summed E-state index contributed by atoms with van der Waals surface area (Å²) < 4.78 is 5.01. The van der Waals surface area contributed by atoms with Crippen molar-refractivity contribution in [1.29, 1.82) is 0 Å². The molecule has 0 aliphatic rings. The molecule has 0 heterocycles. The van der Waals surface area contributed by atoms with Crippen molar-refractivity contribution in [2.24, 2.45) is 0 Å². The molecule has 1 unspecified atom stereocenters. The third kappa shape index (κ3) is 7.21. The van der Waals surface area contributed by atoms with Crippen molar-refractivity contribution >= 4 is 23.6 Å². The minimum atomic E-state index is -1.05. The van der Waals surface area contributed by atoms with Crippen molar-refractivity contribution in [1.82, 2.24) is 10.6 Å². The molecule has 1 aromatic rings. The van der Waals surface area contributed by atoms with Gasteiger partial charge < -0.3 is 25.8 Å². The number of rotatable bonds is 8. The molecule has 3 amide bonds. The highest BCUT2D eigenvalue weighted by molar-refractivity contribution is 5.97. The number of anilines is 1. The third-order valence-corrected chi connectivity index (χ3v) is 3.22. The molecule has 1 atom stereocenters. The molecule has 0 saturated carbocycles. The van der Waals surface area contributed by atoms with Crippen molar-refractivity contribution < 1.29 is 24.2 Å². The first-order valence-electron chi connectivity index (χ1n) is 7.86. The van der Waals surface area contributed by atoms with Gasteiger partial charge in [0.1, 0.15) is 0 Å². The summed E-state index contributed by atoms with van der Waals surface area (Å²) >= 11 is 0. The van der Waals surface area contributed by atoms with E-state index in [-0.39, 0.29) is 25.1 Å². The van der Waals surface area contributed by atoms with Crippen LogP contribution in [0.3, 0.4) is 0 Å². The van der Waals surface area contributed by atoms with Gasteiger partial charge in [-0.3, -0.25) is 9.59 Å². The Morgan fingerprint density at radius 3 is 2.52 bits per heavy atom. The predicted octanol–water partition coefficient (Wildman–Crippen LogP) is 1.83. The van der Waals surface area contributed by atoms with E-state index < -0.39 is 17.4 Å². The van der Waals surface area contributed by atoms with Crippen LogP contribution in [-0.2, 0) is 9.53 Å². The van der Waals surface area contributed by atoms with Crippen LogP contribution >= 0.6 is 0 Å². The summed E-state index contributed by atoms with van der Waals surface area (Å²) in [6.45, 7) is 5.32. The monoisotopic (exact) mass is 351 g/mol. The van der Waals surface area contributed by atoms with Crippen molar-refractivity contribution in [3.8, 4) is 0 Å². The Labute approximate surface area is 146 Å². The number of urea groups is 1. The van der Waals surface area contributed by atoms with E-state index in [9.17, 15) is 14.4 Å². The summed E-state index contributed by atoms with van der Waals surface area (Å²) in [7, 11) is 1.43. The van der Waals surface area contributed by atoms with Gasteiger partial charge in [0.25, 0.3) is 5.91 Å². The molecule has 0 aliphatic carbocycles. The maximum atomic E-state index is 12.4. The van der Waals surface area contributed by atoms with Crippen LogP contribution in [0.2, 0.25) is 0 Å². The van der Waals surface area contributed by atoms with E-state index in [0.717, 1.165) is 0 Å². The zero-order chi connectivity index (χ0) is 19.0. The van der Waals surface area contributed by atoms with E-state index in [1.165, 1.54) is 13.2 Å². The van der Waals surface area contributed by atoms with Gasteiger partial charge in [-0.2, -0.15) is 0 Å². The highest BCUT2D eigenvalue weighted by Gasteiger charge is 2.30. The minimum absolute atomic E-state index is 0.0164. The zero-order valence-electron chi connectivity index (χ0n) is 14.9. The first-order chi connectivity index (χ1) is 11.6. The molecule has 0 saturated heterocycles. The van der Waals surface area contributed by atoms with E-state index in [1.807, 2.05) is 13.8 Å². The first kappa shape index (κ1) is 20.4. The summed E-state index contributed by atoms with van der Waals surface area (Å²) in [6.07, 6.45) is -0.276. The molecule has 8 nitrogen and oxygen atoms in total. The zero-order valence-corrected chi connectivity index (χ0v) is 14.9. The summed E-state index contributed by atoms with van der Waals surface area (Å²) in [6, 6.07) is 5.99. The number of methoxy groups -OCH3 is 1. The molecular formula is C17H25N3O5. The molecule has 0 bridgehead atoms. The number of carbonyl (C=O) groups is 3. The molecular weight excluding hydrogens is 326 g/mol. The molecule has 1 rings (SSSR count). The van der Waals surface area contributed by atoms with Gasteiger partial charge in [-0.15, -0.1) is 0 Å². The van der Waals surface area contributed by atoms with E-state index >= 15 is 0 Å². The fourth-order valence-corrected chi connectivity index (χ4v) is 2.30. The fraction of sp³-hybridized carbons (Fsp3) is 0.471. The fourth-order valence-electron chi connectivity index (χ4n) is 2.30. The first-order valence-corrected chi connectivity index (χ1v) is 7.86. The van der Waals surface area contributed by atoms with Crippen LogP contribution in [0.1, 0.15) is 37.6 Å². The second kappa shape index (κ2) is 9.03. The summed E-state index contributed by atoms with van der Waals surface area (Å²) in [5, 5.41) is 17.0. The van der Waals surface area contributed by atoms with Crippen LogP contribution in [0.25, 0.3) is 0 Å². The minimum Gasteiger partial charge on any atom is -0.481 e. The van der Waals surface area contributed by atoms with E-state index in [4.69, 9.17) is 9.84 Å². The Kier molecular flexibility index (Phi) is 7.38. The Hall–Kier alpha value is -2.61. The largest absolute Gasteiger partial charge is 0.481 e. The Morgan fingerprint density at radius 1 is 1.28 bits per heavy atom. The van der Waals surface area contributed by atoms with Gasteiger partial charge in [-0.1, -0.05) is 6.07 Å². The lowest BCUT2D eigenvalue weighted by atomic mass is 9.98. The predicted molar refractivity (Wildman–Crippen MR) is 93.7 cm³/mol. The van der Waals surface area contributed by atoms with Crippen molar-refractivity contribution in [3.63, 3.8) is 0 Å². The molecule has 1 aromatic carbocycles. The molecule has 8 heteroatoms. The van der Waals surface area contributed by atoms with Crippen molar-refractivity contribution in [2.75, 3.05) is 19.0 Å². The number of ether oxygens (including phenoxy) is 1. The maximum absolute atomic E-state index is 12.4. The number of carboxylic acid groups (broad SMARTS) is 1. The van der Waals surface area contributed by atoms with Crippen molar-refractivity contribution in [2.45, 2.75) is 38.8 Å². The lowest BCUT2D eigenvalue weighted by Crippen LogP contribution is -2.50. The molecule has 25 heavy (non-hydrogen) atoms. The van der Waals surface area contributed by atoms with Gasteiger partial charge >= 0.3 is 12.0 Å². The number of carbonyl (C=O) groups excluding carboxylic acids is 2. The number of hydrogen-bond donors (Lipinski definition) is 4. The topological polar surface area (TPSA) is 117 Å². The van der Waals surface area contributed by atoms with Gasteiger partial charge in [0.2, 0.25) is 0 Å². The smallest absolute Gasteiger partial charge is 0.319 e. The van der Waals surface area contributed by atoms with Crippen LogP contribution in [-0.4, -0.2) is 48.3 Å². The van der Waals surface area contributed by atoms with Gasteiger partial charge in [-0.05, 0) is 39.0 Å². The molecule has 0 spiro atoms. The number of benzene rings is 1. The van der Waals surface area contributed by atoms with Gasteiger partial charge in [-0.25, -0.2) is 4.79 Å². The van der Waals surface area contributed by atoms with Gasteiger partial charge in [0.05, 0.1) is 18.6 Å². The van der Waals surface area contributed by atoms with Gasteiger partial charge in [0.15, 0.2) is 0 Å². The summed E-state index contributed by atoms with van der Waals surface area (Å²) in [5.74, 6) is -1.49. The average molecular weight is 351 g/mol. The normalized spacial score (nSPS) is 13.0. The number of carboxylic acids is 1. The number of nitrogens with one attached hydrogen (secondary N) is 3. The van der Waals surface area contributed by atoms with Gasteiger partial charge in [0, 0.05) is 24.4 Å².